The molecule has 23 heavy (non-hydrogen) atoms. The summed E-state index contributed by atoms with van der Waals surface area (Å²) in [7, 11) is 1.48. The van der Waals surface area contributed by atoms with E-state index in [1.807, 2.05) is 37.3 Å². The summed E-state index contributed by atoms with van der Waals surface area (Å²) in [4.78, 5) is 12.0. The Labute approximate surface area is 143 Å². The third-order valence-corrected chi connectivity index (χ3v) is 3.71. The van der Waals surface area contributed by atoms with Gasteiger partial charge in [0, 0.05) is 11.8 Å². The van der Waals surface area contributed by atoms with Gasteiger partial charge in [-0.2, -0.15) is 5.26 Å². The van der Waals surface area contributed by atoms with E-state index in [-0.39, 0.29) is 12.5 Å². The fourth-order valence-electron chi connectivity index (χ4n) is 1.96. The van der Waals surface area contributed by atoms with Gasteiger partial charge in [-0.3, -0.25) is 4.79 Å². The fourth-order valence-corrected chi connectivity index (χ4v) is 2.52. The van der Waals surface area contributed by atoms with Crippen LogP contribution in [0, 0.1) is 18.3 Å². The molecule has 2 rings (SSSR count). The van der Waals surface area contributed by atoms with Crippen molar-refractivity contribution in [2.24, 2.45) is 0 Å². The van der Waals surface area contributed by atoms with Gasteiger partial charge in [-0.1, -0.05) is 18.2 Å². The van der Waals surface area contributed by atoms with Crippen LogP contribution in [0.2, 0.25) is 0 Å². The maximum Gasteiger partial charge on any atom is 0.262 e. The number of methoxy groups -OCH3 is 1. The van der Waals surface area contributed by atoms with E-state index < -0.39 is 0 Å². The number of halogens is 1. The average molecular weight is 375 g/mol. The lowest BCUT2D eigenvalue weighted by molar-refractivity contribution is -0.118. The second-order valence-corrected chi connectivity index (χ2v) is 5.61. The summed E-state index contributed by atoms with van der Waals surface area (Å²) in [5, 5.41) is 11.7. The zero-order valence-corrected chi connectivity index (χ0v) is 14.3. The third-order valence-electron chi connectivity index (χ3n) is 3.13. The predicted molar refractivity (Wildman–Crippen MR) is 90.7 cm³/mol. The highest BCUT2D eigenvalue weighted by Crippen LogP contribution is 2.36. The van der Waals surface area contributed by atoms with E-state index in [0.29, 0.717) is 21.5 Å². The van der Waals surface area contributed by atoms with E-state index in [0.717, 1.165) is 11.3 Å². The van der Waals surface area contributed by atoms with Crippen LogP contribution in [0.5, 0.6) is 11.5 Å². The third kappa shape index (κ3) is 4.24. The van der Waals surface area contributed by atoms with E-state index >= 15 is 0 Å². The number of ether oxygens (including phenoxy) is 2. The van der Waals surface area contributed by atoms with Crippen molar-refractivity contribution in [3.8, 4) is 17.6 Å². The Morgan fingerprint density at radius 2 is 2.09 bits per heavy atom. The lowest BCUT2D eigenvalue weighted by Crippen LogP contribution is -2.21. The molecule has 0 unspecified atom stereocenters. The highest BCUT2D eigenvalue weighted by molar-refractivity contribution is 9.10. The first-order chi connectivity index (χ1) is 11.0. The Kier molecular flexibility index (Phi) is 5.61. The molecule has 0 aliphatic rings. The Morgan fingerprint density at radius 1 is 1.35 bits per heavy atom. The summed E-state index contributed by atoms with van der Waals surface area (Å²) in [5.41, 5.74) is 2.15. The second kappa shape index (κ2) is 7.65. The Hall–Kier alpha value is -2.52. The summed E-state index contributed by atoms with van der Waals surface area (Å²) in [6.45, 7) is 1.74. The lowest BCUT2D eigenvalue weighted by atomic mass is 10.2. The van der Waals surface area contributed by atoms with E-state index in [9.17, 15) is 4.79 Å². The first kappa shape index (κ1) is 16.8. The topological polar surface area (TPSA) is 71.3 Å². The molecule has 1 N–H and O–H groups in total. The van der Waals surface area contributed by atoms with E-state index in [4.69, 9.17) is 14.7 Å². The maximum absolute atomic E-state index is 12.0. The van der Waals surface area contributed by atoms with Crippen molar-refractivity contribution in [2.75, 3.05) is 19.0 Å². The molecule has 0 atom stereocenters. The maximum atomic E-state index is 12.0. The summed E-state index contributed by atoms with van der Waals surface area (Å²) in [5.74, 6) is 0.490. The molecular formula is C17H15BrN2O3. The van der Waals surface area contributed by atoms with Gasteiger partial charge in [-0.15, -0.1) is 0 Å². The number of nitrogens with zero attached hydrogens (tertiary/aromatic N) is 1. The highest BCUT2D eigenvalue weighted by Gasteiger charge is 2.14. The molecule has 0 aliphatic carbocycles. The SMILES string of the molecule is COc1cc(C#N)cc(Br)c1OCC(=O)Nc1ccccc1C. The zero-order valence-electron chi connectivity index (χ0n) is 12.7. The Balaban J connectivity index is 2.08. The van der Waals surface area contributed by atoms with Crippen LogP contribution in [0.4, 0.5) is 5.69 Å². The molecule has 0 radical (unpaired) electrons. The number of benzene rings is 2. The van der Waals surface area contributed by atoms with E-state index in [2.05, 4.69) is 21.2 Å². The first-order valence-corrected chi connectivity index (χ1v) is 7.60. The van der Waals surface area contributed by atoms with Gasteiger partial charge in [0.25, 0.3) is 5.91 Å². The number of aryl methyl sites for hydroxylation is 1. The van der Waals surface area contributed by atoms with Gasteiger partial charge < -0.3 is 14.8 Å². The van der Waals surface area contributed by atoms with Gasteiger partial charge in [0.2, 0.25) is 0 Å². The molecule has 0 heterocycles. The molecule has 2 aromatic rings. The molecule has 0 spiro atoms. The number of para-hydroxylation sites is 1. The molecular weight excluding hydrogens is 360 g/mol. The Morgan fingerprint density at radius 3 is 2.74 bits per heavy atom. The summed E-state index contributed by atoms with van der Waals surface area (Å²) in [6.07, 6.45) is 0. The van der Waals surface area contributed by atoms with Crippen LogP contribution >= 0.6 is 15.9 Å². The molecule has 0 aromatic heterocycles. The van der Waals surface area contributed by atoms with E-state index in [1.165, 1.54) is 7.11 Å². The van der Waals surface area contributed by atoms with Gasteiger partial charge >= 0.3 is 0 Å². The van der Waals surface area contributed by atoms with Crippen molar-refractivity contribution < 1.29 is 14.3 Å². The molecule has 0 saturated heterocycles. The minimum absolute atomic E-state index is 0.171. The number of amides is 1. The molecule has 5 nitrogen and oxygen atoms in total. The standard InChI is InChI=1S/C17H15BrN2O3/c1-11-5-3-4-6-14(11)20-16(21)10-23-17-13(18)7-12(9-19)8-15(17)22-2/h3-8H,10H2,1-2H3,(H,20,21). The Bertz CT molecular complexity index is 769. The van der Waals surface area contributed by atoms with Gasteiger partial charge in [0.15, 0.2) is 18.1 Å². The fraction of sp³-hybridized carbons (Fsp3) is 0.176. The van der Waals surface area contributed by atoms with Crippen LogP contribution in [0.15, 0.2) is 40.9 Å². The number of anilines is 1. The number of hydrogen-bond donors (Lipinski definition) is 1. The van der Waals surface area contributed by atoms with Crippen LogP contribution < -0.4 is 14.8 Å². The van der Waals surface area contributed by atoms with Crippen LogP contribution in [0.3, 0.4) is 0 Å². The van der Waals surface area contributed by atoms with Crippen LogP contribution in [0.1, 0.15) is 11.1 Å². The minimum atomic E-state index is -0.280. The van der Waals surface area contributed by atoms with Gasteiger partial charge in [-0.25, -0.2) is 0 Å². The van der Waals surface area contributed by atoms with Crippen molar-refractivity contribution in [2.45, 2.75) is 6.92 Å². The molecule has 0 fully saturated rings. The number of nitriles is 1. The van der Waals surface area contributed by atoms with Crippen molar-refractivity contribution in [1.82, 2.24) is 0 Å². The summed E-state index contributed by atoms with van der Waals surface area (Å²) < 4.78 is 11.3. The van der Waals surface area contributed by atoms with Crippen LogP contribution in [0.25, 0.3) is 0 Å². The monoisotopic (exact) mass is 374 g/mol. The first-order valence-electron chi connectivity index (χ1n) is 6.81. The number of carbonyl (C=O) groups is 1. The highest BCUT2D eigenvalue weighted by atomic mass is 79.9. The number of hydrogen-bond acceptors (Lipinski definition) is 4. The van der Waals surface area contributed by atoms with Crippen LogP contribution in [-0.4, -0.2) is 19.6 Å². The second-order valence-electron chi connectivity index (χ2n) is 4.75. The van der Waals surface area contributed by atoms with Gasteiger partial charge in [-0.05, 0) is 40.5 Å². The summed E-state index contributed by atoms with van der Waals surface area (Å²) in [6, 6.07) is 12.7. The van der Waals surface area contributed by atoms with E-state index in [1.54, 1.807) is 12.1 Å². The normalized spacial score (nSPS) is 9.83. The molecule has 1 amide bonds. The van der Waals surface area contributed by atoms with Crippen molar-refractivity contribution >= 4 is 27.5 Å². The minimum Gasteiger partial charge on any atom is -0.493 e. The summed E-state index contributed by atoms with van der Waals surface area (Å²) >= 11 is 3.32. The molecule has 0 aliphatic heterocycles. The van der Waals surface area contributed by atoms with Crippen molar-refractivity contribution in [1.29, 1.82) is 5.26 Å². The average Bonchev–Trinajstić information content (AvgIpc) is 2.55. The molecule has 0 saturated carbocycles. The molecule has 0 bridgehead atoms. The number of carbonyl (C=O) groups excluding carboxylic acids is 1. The van der Waals surface area contributed by atoms with Crippen molar-refractivity contribution in [3.63, 3.8) is 0 Å². The number of nitrogens with one attached hydrogen (secondary N) is 1. The van der Waals surface area contributed by atoms with Gasteiger partial charge in [0.1, 0.15) is 0 Å². The molecule has 2 aromatic carbocycles. The molecule has 118 valence electrons. The van der Waals surface area contributed by atoms with Crippen molar-refractivity contribution in [3.05, 3.63) is 52.0 Å². The van der Waals surface area contributed by atoms with Crippen LogP contribution in [-0.2, 0) is 4.79 Å². The predicted octanol–water partition coefficient (Wildman–Crippen LogP) is 3.66. The quantitative estimate of drug-likeness (QED) is 0.866. The largest absolute Gasteiger partial charge is 0.493 e. The number of rotatable bonds is 5. The lowest BCUT2D eigenvalue weighted by Gasteiger charge is -2.13. The smallest absolute Gasteiger partial charge is 0.262 e. The zero-order chi connectivity index (χ0) is 16.8. The van der Waals surface area contributed by atoms with Gasteiger partial charge in [0.05, 0.1) is 23.2 Å². The molecule has 6 heteroatoms.